The normalized spacial score (nSPS) is 13.2. The summed E-state index contributed by atoms with van der Waals surface area (Å²) in [5, 5.41) is 4.36. The van der Waals surface area contributed by atoms with E-state index in [-0.39, 0.29) is 0 Å². The molecule has 1 aliphatic carbocycles. The molecular weight excluding hydrogens is 288 g/mol. The van der Waals surface area contributed by atoms with Gasteiger partial charge in [0.1, 0.15) is 15.8 Å². The number of thiazole rings is 1. The third-order valence-corrected chi connectivity index (χ3v) is 4.53. The number of anilines is 1. The van der Waals surface area contributed by atoms with E-state index in [1.165, 1.54) is 16.1 Å². The van der Waals surface area contributed by atoms with Gasteiger partial charge in [-0.25, -0.2) is 9.97 Å². The second-order valence-electron chi connectivity index (χ2n) is 4.93. The summed E-state index contributed by atoms with van der Waals surface area (Å²) in [5.41, 5.74) is 9.11. The summed E-state index contributed by atoms with van der Waals surface area (Å²) in [4.78, 5) is 10.6. The first-order valence-corrected chi connectivity index (χ1v) is 7.84. The van der Waals surface area contributed by atoms with Crippen LogP contribution in [0.1, 0.15) is 33.1 Å². The molecule has 1 aliphatic rings. The molecule has 0 atom stereocenters. The zero-order valence-electron chi connectivity index (χ0n) is 11.3. The Bertz CT molecular complexity index is 663. The lowest BCUT2D eigenvalue weighted by molar-refractivity contribution is 0.899. The lowest BCUT2D eigenvalue weighted by Gasteiger charge is -2.11. The molecule has 0 unspecified atom stereocenters. The average Bonchev–Trinajstić information content (AvgIpc) is 3.03. The smallest absolute Gasteiger partial charge is 0.136 e. The number of aromatic nitrogens is 2. The van der Waals surface area contributed by atoms with Crippen molar-refractivity contribution in [3.8, 4) is 0 Å². The highest BCUT2D eigenvalue weighted by molar-refractivity contribution is 7.80. The fourth-order valence-corrected chi connectivity index (χ4v) is 3.32. The van der Waals surface area contributed by atoms with Crippen molar-refractivity contribution in [1.82, 2.24) is 9.97 Å². The van der Waals surface area contributed by atoms with E-state index < -0.39 is 0 Å². The first-order valence-electron chi connectivity index (χ1n) is 6.61. The van der Waals surface area contributed by atoms with E-state index in [0.717, 1.165) is 35.7 Å². The molecule has 4 nitrogen and oxygen atoms in total. The summed E-state index contributed by atoms with van der Waals surface area (Å²) in [6.07, 6.45) is 5.16. The van der Waals surface area contributed by atoms with Gasteiger partial charge in [0, 0.05) is 16.8 Å². The van der Waals surface area contributed by atoms with Crippen LogP contribution in [0, 0.1) is 6.92 Å². The predicted octanol–water partition coefficient (Wildman–Crippen LogP) is 2.58. The van der Waals surface area contributed by atoms with E-state index in [4.69, 9.17) is 22.9 Å². The number of nitrogens with two attached hydrogens (primary N) is 1. The molecule has 6 heteroatoms. The van der Waals surface area contributed by atoms with Gasteiger partial charge in [-0.3, -0.25) is 0 Å². The van der Waals surface area contributed by atoms with Crippen LogP contribution in [-0.4, -0.2) is 15.0 Å². The van der Waals surface area contributed by atoms with Gasteiger partial charge in [-0.05, 0) is 37.8 Å². The Morgan fingerprint density at radius 3 is 3.05 bits per heavy atom. The maximum absolute atomic E-state index is 5.82. The topological polar surface area (TPSA) is 63.8 Å². The summed E-state index contributed by atoms with van der Waals surface area (Å²) in [6, 6.07) is 2.09. The van der Waals surface area contributed by atoms with Crippen molar-refractivity contribution in [2.75, 3.05) is 5.32 Å². The zero-order valence-corrected chi connectivity index (χ0v) is 12.9. The van der Waals surface area contributed by atoms with Crippen molar-refractivity contribution in [2.24, 2.45) is 5.73 Å². The summed E-state index contributed by atoms with van der Waals surface area (Å²) in [5.74, 6) is 0.783. The Hall–Kier alpha value is -1.53. The van der Waals surface area contributed by atoms with E-state index in [1.807, 2.05) is 6.20 Å². The number of nitrogens with one attached hydrogen (secondary N) is 1. The largest absolute Gasteiger partial charge is 0.389 e. The summed E-state index contributed by atoms with van der Waals surface area (Å²) in [6.45, 7) is 2.70. The van der Waals surface area contributed by atoms with Crippen LogP contribution in [0.4, 0.5) is 5.82 Å². The summed E-state index contributed by atoms with van der Waals surface area (Å²) >= 11 is 6.82. The minimum absolute atomic E-state index is 0.394. The van der Waals surface area contributed by atoms with Crippen molar-refractivity contribution in [1.29, 1.82) is 0 Å². The molecule has 0 aromatic carbocycles. The predicted molar refractivity (Wildman–Crippen MR) is 86.3 cm³/mol. The van der Waals surface area contributed by atoms with Gasteiger partial charge in [0.05, 0.1) is 12.1 Å². The van der Waals surface area contributed by atoms with Gasteiger partial charge < -0.3 is 11.1 Å². The van der Waals surface area contributed by atoms with Crippen molar-refractivity contribution in [3.05, 3.63) is 39.0 Å². The minimum atomic E-state index is 0.394. The standard InChI is InChI=1S/C14H16N4S2/c1-8-6-16-12(20-8)7-17-14-10(13(15)19)5-9-3-2-4-11(9)18-14/h5-6H,2-4,7H2,1H3,(H2,15,19)(H,17,18). The van der Waals surface area contributed by atoms with Gasteiger partial charge in [-0.15, -0.1) is 11.3 Å². The Morgan fingerprint density at radius 2 is 2.35 bits per heavy atom. The van der Waals surface area contributed by atoms with Crippen molar-refractivity contribution in [2.45, 2.75) is 32.7 Å². The quantitative estimate of drug-likeness (QED) is 0.850. The fraction of sp³-hybridized carbons (Fsp3) is 0.357. The molecule has 2 aromatic rings. The minimum Gasteiger partial charge on any atom is -0.389 e. The maximum atomic E-state index is 5.82. The van der Waals surface area contributed by atoms with Gasteiger partial charge >= 0.3 is 0 Å². The highest BCUT2D eigenvalue weighted by atomic mass is 32.1. The molecule has 0 bridgehead atoms. The second-order valence-corrected chi connectivity index (χ2v) is 6.69. The number of hydrogen-bond acceptors (Lipinski definition) is 5. The first kappa shape index (κ1) is 13.5. The van der Waals surface area contributed by atoms with Crippen LogP contribution < -0.4 is 11.1 Å². The third-order valence-electron chi connectivity index (χ3n) is 3.39. The molecule has 0 aliphatic heterocycles. The van der Waals surface area contributed by atoms with Crippen LogP contribution in [0.5, 0.6) is 0 Å². The Labute approximate surface area is 127 Å². The number of nitrogens with zero attached hydrogens (tertiary/aromatic N) is 2. The molecule has 0 amide bonds. The van der Waals surface area contributed by atoms with Crippen LogP contribution in [0.25, 0.3) is 0 Å². The maximum Gasteiger partial charge on any atom is 0.136 e. The molecule has 2 heterocycles. The highest BCUT2D eigenvalue weighted by Crippen LogP contribution is 2.26. The Balaban J connectivity index is 1.86. The van der Waals surface area contributed by atoms with Crippen LogP contribution in [0.15, 0.2) is 12.3 Å². The molecule has 0 fully saturated rings. The van der Waals surface area contributed by atoms with Gasteiger partial charge in [0.2, 0.25) is 0 Å². The molecule has 0 radical (unpaired) electrons. The molecule has 3 rings (SSSR count). The van der Waals surface area contributed by atoms with Gasteiger partial charge in [0.25, 0.3) is 0 Å². The number of rotatable bonds is 4. The molecule has 104 valence electrons. The van der Waals surface area contributed by atoms with E-state index in [0.29, 0.717) is 11.5 Å². The van der Waals surface area contributed by atoms with E-state index >= 15 is 0 Å². The number of hydrogen-bond donors (Lipinski definition) is 2. The number of aryl methyl sites for hydroxylation is 3. The summed E-state index contributed by atoms with van der Waals surface area (Å²) < 4.78 is 0. The van der Waals surface area contributed by atoms with Crippen LogP contribution in [-0.2, 0) is 19.4 Å². The van der Waals surface area contributed by atoms with Crippen molar-refractivity contribution >= 4 is 34.4 Å². The number of thiocarbonyl (C=S) groups is 1. The van der Waals surface area contributed by atoms with Gasteiger partial charge in [-0.2, -0.15) is 0 Å². The molecule has 0 saturated heterocycles. The van der Waals surface area contributed by atoms with Crippen molar-refractivity contribution < 1.29 is 0 Å². The zero-order chi connectivity index (χ0) is 14.1. The lowest BCUT2D eigenvalue weighted by Crippen LogP contribution is -2.15. The van der Waals surface area contributed by atoms with Crippen LogP contribution in [0.2, 0.25) is 0 Å². The molecular formula is C14H16N4S2. The SMILES string of the molecule is Cc1cnc(CNc2nc3c(cc2C(N)=S)CCC3)s1. The van der Waals surface area contributed by atoms with E-state index in [1.54, 1.807) is 11.3 Å². The van der Waals surface area contributed by atoms with Crippen LogP contribution in [0.3, 0.4) is 0 Å². The average molecular weight is 304 g/mol. The monoisotopic (exact) mass is 304 g/mol. The Kier molecular flexibility index (Phi) is 3.67. The van der Waals surface area contributed by atoms with Crippen molar-refractivity contribution in [3.63, 3.8) is 0 Å². The van der Waals surface area contributed by atoms with E-state index in [9.17, 15) is 0 Å². The van der Waals surface area contributed by atoms with E-state index in [2.05, 4.69) is 23.3 Å². The molecule has 0 saturated carbocycles. The van der Waals surface area contributed by atoms with Gasteiger partial charge in [0.15, 0.2) is 0 Å². The second kappa shape index (κ2) is 5.46. The lowest BCUT2D eigenvalue weighted by atomic mass is 10.1. The number of pyridine rings is 1. The van der Waals surface area contributed by atoms with Crippen LogP contribution >= 0.6 is 23.6 Å². The van der Waals surface area contributed by atoms with Gasteiger partial charge in [-0.1, -0.05) is 12.2 Å². The molecule has 20 heavy (non-hydrogen) atoms. The molecule has 0 spiro atoms. The number of fused-ring (bicyclic) bond motifs is 1. The third kappa shape index (κ3) is 2.66. The molecule has 3 N–H and O–H groups in total. The Morgan fingerprint density at radius 1 is 1.50 bits per heavy atom. The molecule has 2 aromatic heterocycles. The highest BCUT2D eigenvalue weighted by Gasteiger charge is 2.17. The fourth-order valence-electron chi connectivity index (χ4n) is 2.44. The first-order chi connectivity index (χ1) is 9.63. The summed E-state index contributed by atoms with van der Waals surface area (Å²) in [7, 11) is 0.